The second kappa shape index (κ2) is 13.5. The van der Waals surface area contributed by atoms with Gasteiger partial charge in [0.2, 0.25) is 0 Å². The zero-order valence-electron chi connectivity index (χ0n) is 24.5. The van der Waals surface area contributed by atoms with Crippen molar-refractivity contribution in [2.24, 2.45) is 0 Å². The van der Waals surface area contributed by atoms with Crippen LogP contribution in [0.2, 0.25) is 0 Å². The molecular formula is C36H24F10O. The van der Waals surface area contributed by atoms with Crippen molar-refractivity contribution in [3.05, 3.63) is 137 Å². The second-order valence-electron chi connectivity index (χ2n) is 10.8. The second-order valence-corrected chi connectivity index (χ2v) is 10.8. The van der Waals surface area contributed by atoms with E-state index in [1.54, 1.807) is 6.07 Å². The van der Waals surface area contributed by atoms with Crippen LogP contribution in [-0.2, 0) is 12.5 Å². The molecule has 0 saturated carbocycles. The fraction of sp³-hybridized carbons (Fsp3) is 0.167. The van der Waals surface area contributed by atoms with E-state index in [2.05, 4.69) is 4.74 Å². The van der Waals surface area contributed by atoms with Gasteiger partial charge in [-0.1, -0.05) is 38.0 Å². The van der Waals surface area contributed by atoms with Crippen LogP contribution in [0.1, 0.15) is 37.3 Å². The van der Waals surface area contributed by atoms with Gasteiger partial charge in [-0.3, -0.25) is 0 Å². The third kappa shape index (κ3) is 7.13. The van der Waals surface area contributed by atoms with Gasteiger partial charge in [0.25, 0.3) is 0 Å². The first kappa shape index (κ1) is 33.6. The number of hydrogen-bond donors (Lipinski definition) is 0. The molecule has 1 nitrogen and oxygen atoms in total. The van der Waals surface area contributed by atoms with Crippen LogP contribution < -0.4 is 4.74 Å². The molecule has 5 rings (SSSR count). The van der Waals surface area contributed by atoms with E-state index in [-0.39, 0.29) is 34.4 Å². The van der Waals surface area contributed by atoms with Gasteiger partial charge in [-0.2, -0.15) is 8.78 Å². The maximum Gasteiger partial charge on any atom is 0.432 e. The van der Waals surface area contributed by atoms with E-state index in [0.29, 0.717) is 24.1 Å². The van der Waals surface area contributed by atoms with Gasteiger partial charge in [0.15, 0.2) is 11.6 Å². The molecule has 11 heteroatoms. The average molecular weight is 663 g/mol. The Morgan fingerprint density at radius 1 is 0.511 bits per heavy atom. The molecule has 0 N–H and O–H groups in total. The van der Waals surface area contributed by atoms with Crippen LogP contribution in [-0.4, -0.2) is 0 Å². The highest BCUT2D eigenvalue weighted by atomic mass is 19.3. The van der Waals surface area contributed by atoms with Gasteiger partial charge in [-0.05, 0) is 89.7 Å². The van der Waals surface area contributed by atoms with Crippen LogP contribution in [0.25, 0.3) is 33.4 Å². The number of unbranched alkanes of at least 4 members (excludes halogenated alkanes) is 2. The van der Waals surface area contributed by atoms with E-state index in [4.69, 9.17) is 0 Å². The number of rotatable bonds is 10. The quantitative estimate of drug-likeness (QED) is 0.107. The van der Waals surface area contributed by atoms with Gasteiger partial charge in [-0.25, -0.2) is 35.1 Å². The standard InChI is InChI=1S/C36H24F10O/c1-2-3-4-5-19-6-9-25(27(38)12-19)21-14-30(41)34(31(42)15-21)22-16-32(43)35(33(44)17-22)36(45,46)47-23-8-10-24(28(39)18-23)20-7-11-26(37)29(40)13-20/h6-18H,2-5H2,1H3. The van der Waals surface area contributed by atoms with E-state index in [0.717, 1.165) is 55.7 Å². The third-order valence-corrected chi connectivity index (χ3v) is 7.49. The van der Waals surface area contributed by atoms with Crippen LogP contribution >= 0.6 is 0 Å². The van der Waals surface area contributed by atoms with E-state index in [9.17, 15) is 17.6 Å². The fourth-order valence-corrected chi connectivity index (χ4v) is 5.18. The SMILES string of the molecule is CCCCCc1ccc(-c2cc(F)c(-c3cc(F)c(C(F)(F)Oc4ccc(-c5ccc(F)c(F)c5)c(F)c4)c(F)c3)c(F)c2)c(F)c1. The minimum absolute atomic E-state index is 0.118. The molecule has 47 heavy (non-hydrogen) atoms. The highest BCUT2D eigenvalue weighted by Gasteiger charge is 2.41. The van der Waals surface area contributed by atoms with Crippen LogP contribution in [0.3, 0.4) is 0 Å². The molecule has 0 spiro atoms. The summed E-state index contributed by atoms with van der Waals surface area (Å²) >= 11 is 0. The van der Waals surface area contributed by atoms with Crippen LogP contribution in [0.4, 0.5) is 43.9 Å². The predicted octanol–water partition coefficient (Wildman–Crippen LogP) is 11.7. The molecule has 0 aliphatic rings. The van der Waals surface area contributed by atoms with Gasteiger partial charge in [-0.15, -0.1) is 0 Å². The number of ether oxygens (including phenoxy) is 1. The first-order valence-electron chi connectivity index (χ1n) is 14.4. The first-order valence-corrected chi connectivity index (χ1v) is 14.4. The zero-order chi connectivity index (χ0) is 34.0. The average Bonchev–Trinajstić information content (AvgIpc) is 2.98. The summed E-state index contributed by atoms with van der Waals surface area (Å²) in [6, 6.07) is 10.9. The molecule has 0 aromatic heterocycles. The zero-order valence-corrected chi connectivity index (χ0v) is 24.5. The van der Waals surface area contributed by atoms with Crippen LogP contribution in [0, 0.1) is 46.5 Å². The summed E-state index contributed by atoms with van der Waals surface area (Å²) in [6.45, 7) is 2.02. The Balaban J connectivity index is 1.40. The highest BCUT2D eigenvalue weighted by molar-refractivity contribution is 5.72. The summed E-state index contributed by atoms with van der Waals surface area (Å²) in [5.74, 6) is -11.8. The number of alkyl halides is 2. The molecule has 0 bridgehead atoms. The van der Waals surface area contributed by atoms with Crippen molar-refractivity contribution >= 4 is 0 Å². The van der Waals surface area contributed by atoms with Crippen molar-refractivity contribution in [2.75, 3.05) is 0 Å². The number of halogens is 10. The smallest absolute Gasteiger partial charge is 0.429 e. The molecule has 244 valence electrons. The van der Waals surface area contributed by atoms with Gasteiger partial charge in [0.1, 0.15) is 46.2 Å². The van der Waals surface area contributed by atoms with E-state index in [1.807, 2.05) is 6.92 Å². The topological polar surface area (TPSA) is 9.23 Å². The number of benzene rings is 5. The molecule has 5 aromatic rings. The lowest BCUT2D eigenvalue weighted by molar-refractivity contribution is -0.189. The molecule has 0 aliphatic heterocycles. The molecule has 0 radical (unpaired) electrons. The first-order chi connectivity index (χ1) is 22.3. The van der Waals surface area contributed by atoms with E-state index in [1.165, 1.54) is 12.1 Å². The summed E-state index contributed by atoms with van der Waals surface area (Å²) < 4.78 is 151. The fourth-order valence-electron chi connectivity index (χ4n) is 5.18. The van der Waals surface area contributed by atoms with Gasteiger partial charge < -0.3 is 4.74 Å². The van der Waals surface area contributed by atoms with Crippen molar-refractivity contribution in [3.8, 4) is 39.1 Å². The predicted molar refractivity (Wildman–Crippen MR) is 157 cm³/mol. The minimum atomic E-state index is -4.75. The van der Waals surface area contributed by atoms with Gasteiger partial charge >= 0.3 is 6.11 Å². The lowest BCUT2D eigenvalue weighted by Gasteiger charge is -2.20. The summed E-state index contributed by atoms with van der Waals surface area (Å²) in [5, 5.41) is 0. The van der Waals surface area contributed by atoms with Crippen molar-refractivity contribution in [1.29, 1.82) is 0 Å². The monoisotopic (exact) mass is 662 g/mol. The van der Waals surface area contributed by atoms with E-state index < -0.39 is 75.1 Å². The summed E-state index contributed by atoms with van der Waals surface area (Å²) in [4.78, 5) is 0. The molecule has 5 aromatic carbocycles. The Hall–Kier alpha value is -4.80. The molecule has 0 fully saturated rings. The Labute approximate surface area is 263 Å². The summed E-state index contributed by atoms with van der Waals surface area (Å²) in [7, 11) is 0. The summed E-state index contributed by atoms with van der Waals surface area (Å²) in [5.41, 5.74) is -3.69. The number of aryl methyl sites for hydroxylation is 1. The van der Waals surface area contributed by atoms with Crippen molar-refractivity contribution in [2.45, 2.75) is 38.7 Å². The van der Waals surface area contributed by atoms with Crippen molar-refractivity contribution in [3.63, 3.8) is 0 Å². The Kier molecular flexibility index (Phi) is 9.65. The normalized spacial score (nSPS) is 11.6. The van der Waals surface area contributed by atoms with Crippen LogP contribution in [0.15, 0.2) is 78.9 Å². The van der Waals surface area contributed by atoms with Gasteiger partial charge in [0.05, 0.1) is 5.56 Å². The Morgan fingerprint density at radius 2 is 1.09 bits per heavy atom. The Bertz CT molecular complexity index is 1910. The molecular weight excluding hydrogens is 638 g/mol. The van der Waals surface area contributed by atoms with Crippen LogP contribution in [0.5, 0.6) is 5.75 Å². The third-order valence-electron chi connectivity index (χ3n) is 7.49. The molecule has 0 aliphatic carbocycles. The highest BCUT2D eigenvalue weighted by Crippen LogP contribution is 2.40. The lowest BCUT2D eigenvalue weighted by atomic mass is 9.96. The van der Waals surface area contributed by atoms with E-state index >= 15 is 26.3 Å². The Morgan fingerprint density at radius 3 is 1.68 bits per heavy atom. The maximum atomic E-state index is 15.2. The summed E-state index contributed by atoms with van der Waals surface area (Å²) in [6.07, 6.45) is -1.37. The van der Waals surface area contributed by atoms with Gasteiger partial charge in [0, 0.05) is 17.2 Å². The van der Waals surface area contributed by atoms with Crippen molar-refractivity contribution < 1.29 is 48.6 Å². The molecule has 0 unspecified atom stereocenters. The lowest BCUT2D eigenvalue weighted by Crippen LogP contribution is -2.25. The molecule has 0 atom stereocenters. The molecule has 0 saturated heterocycles. The maximum absolute atomic E-state index is 15.2. The largest absolute Gasteiger partial charge is 0.432 e. The minimum Gasteiger partial charge on any atom is -0.429 e. The molecule has 0 amide bonds. The number of hydrogen-bond acceptors (Lipinski definition) is 1. The van der Waals surface area contributed by atoms with Crippen molar-refractivity contribution in [1.82, 2.24) is 0 Å². The molecule has 0 heterocycles.